The van der Waals surface area contributed by atoms with Crippen molar-refractivity contribution in [2.24, 2.45) is 5.73 Å². The number of primary amides is 1. The van der Waals surface area contributed by atoms with Gasteiger partial charge in [0, 0.05) is 12.7 Å². The van der Waals surface area contributed by atoms with Crippen LogP contribution in [0.4, 0.5) is 5.69 Å². The predicted molar refractivity (Wildman–Crippen MR) is 69.2 cm³/mol. The second kappa shape index (κ2) is 5.36. The van der Waals surface area contributed by atoms with E-state index in [1.807, 2.05) is 6.92 Å². The molecule has 1 aromatic rings. The SMILES string of the molecule is CCc1ccc(S(=O)(=O)N(C)CC(N)=O)cc1N. The first-order valence-corrected chi connectivity index (χ1v) is 6.86. The molecule has 0 aliphatic heterocycles. The number of hydrogen-bond donors (Lipinski definition) is 2. The van der Waals surface area contributed by atoms with Crippen molar-refractivity contribution in [1.29, 1.82) is 0 Å². The van der Waals surface area contributed by atoms with Gasteiger partial charge < -0.3 is 11.5 Å². The summed E-state index contributed by atoms with van der Waals surface area (Å²) in [5.74, 6) is -0.709. The fraction of sp³-hybridized carbons (Fsp3) is 0.364. The van der Waals surface area contributed by atoms with E-state index in [4.69, 9.17) is 11.5 Å². The molecule has 18 heavy (non-hydrogen) atoms. The molecule has 0 saturated carbocycles. The Morgan fingerprint density at radius 1 is 1.39 bits per heavy atom. The van der Waals surface area contributed by atoms with Gasteiger partial charge in [-0.05, 0) is 24.1 Å². The fourth-order valence-electron chi connectivity index (χ4n) is 1.54. The highest BCUT2D eigenvalue weighted by molar-refractivity contribution is 7.89. The molecule has 7 heteroatoms. The minimum atomic E-state index is -3.73. The van der Waals surface area contributed by atoms with Gasteiger partial charge in [0.2, 0.25) is 15.9 Å². The van der Waals surface area contributed by atoms with Gasteiger partial charge in [0.25, 0.3) is 0 Å². The summed E-state index contributed by atoms with van der Waals surface area (Å²) in [5, 5.41) is 0. The fourth-order valence-corrected chi connectivity index (χ4v) is 2.71. The largest absolute Gasteiger partial charge is 0.398 e. The summed E-state index contributed by atoms with van der Waals surface area (Å²) in [6.45, 7) is 1.57. The number of carbonyl (C=O) groups excluding carboxylic acids is 1. The van der Waals surface area contributed by atoms with Gasteiger partial charge in [-0.25, -0.2) is 8.42 Å². The van der Waals surface area contributed by atoms with Crippen LogP contribution in [-0.4, -0.2) is 32.2 Å². The van der Waals surface area contributed by atoms with Crippen LogP contribution in [0.2, 0.25) is 0 Å². The van der Waals surface area contributed by atoms with Gasteiger partial charge in [0.05, 0.1) is 11.4 Å². The van der Waals surface area contributed by atoms with Gasteiger partial charge in [0.1, 0.15) is 0 Å². The Balaban J connectivity index is 3.13. The Labute approximate surface area is 107 Å². The predicted octanol–water partition coefficient (Wildman–Crippen LogP) is -0.0630. The summed E-state index contributed by atoms with van der Waals surface area (Å²) in [6.07, 6.45) is 0.725. The number of nitrogen functional groups attached to an aromatic ring is 1. The number of nitrogens with two attached hydrogens (primary N) is 2. The third kappa shape index (κ3) is 2.99. The molecule has 0 atom stereocenters. The number of sulfonamides is 1. The van der Waals surface area contributed by atoms with Crippen LogP contribution in [0.25, 0.3) is 0 Å². The molecule has 0 radical (unpaired) electrons. The van der Waals surface area contributed by atoms with Crippen LogP contribution in [0, 0.1) is 0 Å². The van der Waals surface area contributed by atoms with Crippen molar-refractivity contribution in [3.63, 3.8) is 0 Å². The van der Waals surface area contributed by atoms with Crippen molar-refractivity contribution < 1.29 is 13.2 Å². The maximum absolute atomic E-state index is 12.1. The van der Waals surface area contributed by atoms with Crippen molar-refractivity contribution in [2.45, 2.75) is 18.2 Å². The Morgan fingerprint density at radius 3 is 2.44 bits per heavy atom. The molecule has 0 fully saturated rings. The van der Waals surface area contributed by atoms with E-state index >= 15 is 0 Å². The van der Waals surface area contributed by atoms with Crippen molar-refractivity contribution >= 4 is 21.6 Å². The lowest BCUT2D eigenvalue weighted by molar-refractivity contribution is -0.118. The zero-order chi connectivity index (χ0) is 13.9. The van der Waals surface area contributed by atoms with Gasteiger partial charge >= 0.3 is 0 Å². The molecule has 0 bridgehead atoms. The molecule has 0 heterocycles. The maximum Gasteiger partial charge on any atom is 0.243 e. The highest BCUT2D eigenvalue weighted by Gasteiger charge is 2.22. The van der Waals surface area contributed by atoms with Gasteiger partial charge in [-0.2, -0.15) is 4.31 Å². The van der Waals surface area contributed by atoms with E-state index in [9.17, 15) is 13.2 Å². The van der Waals surface area contributed by atoms with Crippen LogP contribution < -0.4 is 11.5 Å². The second-order valence-electron chi connectivity index (χ2n) is 3.94. The zero-order valence-electron chi connectivity index (χ0n) is 10.4. The van der Waals surface area contributed by atoms with E-state index < -0.39 is 15.9 Å². The van der Waals surface area contributed by atoms with Crippen molar-refractivity contribution in [1.82, 2.24) is 4.31 Å². The van der Waals surface area contributed by atoms with E-state index in [0.29, 0.717) is 5.69 Å². The molecule has 1 aromatic carbocycles. The highest BCUT2D eigenvalue weighted by atomic mass is 32.2. The summed E-state index contributed by atoms with van der Waals surface area (Å²) in [5.41, 5.74) is 12.0. The molecule has 0 saturated heterocycles. The number of hydrogen-bond acceptors (Lipinski definition) is 4. The number of anilines is 1. The quantitative estimate of drug-likeness (QED) is 0.731. The minimum absolute atomic E-state index is 0.0564. The molecule has 0 spiro atoms. The lowest BCUT2D eigenvalue weighted by Gasteiger charge is -2.16. The standard InChI is InChI=1S/C11H17N3O3S/c1-3-8-4-5-9(6-10(8)12)18(16,17)14(2)7-11(13)15/h4-6H,3,7,12H2,1-2H3,(H2,13,15). The van der Waals surface area contributed by atoms with Crippen LogP contribution in [0.1, 0.15) is 12.5 Å². The van der Waals surface area contributed by atoms with E-state index in [-0.39, 0.29) is 11.4 Å². The average Bonchev–Trinajstić information content (AvgIpc) is 2.27. The number of rotatable bonds is 5. The Bertz CT molecular complexity index is 555. The third-order valence-electron chi connectivity index (χ3n) is 2.58. The van der Waals surface area contributed by atoms with E-state index in [1.165, 1.54) is 19.2 Å². The first-order chi connectivity index (χ1) is 8.28. The number of carbonyl (C=O) groups is 1. The van der Waals surface area contributed by atoms with Crippen LogP contribution in [-0.2, 0) is 21.2 Å². The number of likely N-dealkylation sites (N-methyl/N-ethyl adjacent to an activating group) is 1. The Morgan fingerprint density at radius 2 is 2.00 bits per heavy atom. The number of benzene rings is 1. The normalized spacial score (nSPS) is 11.7. The molecule has 0 aliphatic rings. The van der Waals surface area contributed by atoms with Gasteiger partial charge in [-0.15, -0.1) is 0 Å². The molecule has 0 unspecified atom stereocenters. The van der Waals surface area contributed by atoms with E-state index in [2.05, 4.69) is 0 Å². The molecule has 1 amide bonds. The molecule has 0 aliphatic carbocycles. The number of amides is 1. The second-order valence-corrected chi connectivity index (χ2v) is 5.99. The van der Waals surface area contributed by atoms with E-state index in [0.717, 1.165) is 16.3 Å². The Kier molecular flexibility index (Phi) is 4.31. The lowest BCUT2D eigenvalue weighted by Crippen LogP contribution is -2.35. The highest BCUT2D eigenvalue weighted by Crippen LogP contribution is 2.20. The number of nitrogens with zero attached hydrogens (tertiary/aromatic N) is 1. The van der Waals surface area contributed by atoms with Crippen molar-refractivity contribution in [2.75, 3.05) is 19.3 Å². The van der Waals surface area contributed by atoms with E-state index in [1.54, 1.807) is 6.07 Å². The summed E-state index contributed by atoms with van der Waals surface area (Å²) >= 11 is 0. The van der Waals surface area contributed by atoms with Crippen molar-refractivity contribution in [3.05, 3.63) is 23.8 Å². The van der Waals surface area contributed by atoms with Crippen LogP contribution in [0.15, 0.2) is 23.1 Å². The van der Waals surface area contributed by atoms with Crippen LogP contribution in [0.5, 0.6) is 0 Å². The zero-order valence-corrected chi connectivity index (χ0v) is 11.2. The average molecular weight is 271 g/mol. The monoisotopic (exact) mass is 271 g/mol. The van der Waals surface area contributed by atoms with Crippen LogP contribution in [0.3, 0.4) is 0 Å². The van der Waals surface area contributed by atoms with Gasteiger partial charge in [-0.3, -0.25) is 4.79 Å². The third-order valence-corrected chi connectivity index (χ3v) is 4.38. The van der Waals surface area contributed by atoms with Gasteiger partial charge in [-0.1, -0.05) is 13.0 Å². The molecule has 4 N–H and O–H groups in total. The summed E-state index contributed by atoms with van der Waals surface area (Å²) < 4.78 is 25.1. The smallest absolute Gasteiger partial charge is 0.243 e. The molecular formula is C11H17N3O3S. The van der Waals surface area contributed by atoms with Crippen molar-refractivity contribution in [3.8, 4) is 0 Å². The molecule has 100 valence electrons. The summed E-state index contributed by atoms with van der Waals surface area (Å²) in [4.78, 5) is 10.8. The minimum Gasteiger partial charge on any atom is -0.398 e. The number of aryl methyl sites for hydroxylation is 1. The first kappa shape index (κ1) is 14.5. The summed E-state index contributed by atoms with van der Waals surface area (Å²) in [7, 11) is -2.43. The Hall–Kier alpha value is -1.60. The molecule has 0 aromatic heterocycles. The van der Waals surface area contributed by atoms with Crippen LogP contribution >= 0.6 is 0 Å². The maximum atomic E-state index is 12.1. The van der Waals surface area contributed by atoms with Gasteiger partial charge in [0.15, 0.2) is 0 Å². The molecular weight excluding hydrogens is 254 g/mol. The first-order valence-electron chi connectivity index (χ1n) is 5.42. The molecule has 1 rings (SSSR count). The summed E-state index contributed by atoms with van der Waals surface area (Å²) in [6, 6.07) is 4.54. The topological polar surface area (TPSA) is 106 Å². The molecule has 6 nitrogen and oxygen atoms in total. The lowest BCUT2D eigenvalue weighted by atomic mass is 10.1.